The van der Waals surface area contributed by atoms with E-state index in [0.717, 1.165) is 6.42 Å². The van der Waals surface area contributed by atoms with Crippen molar-refractivity contribution in [2.45, 2.75) is 51.2 Å². The van der Waals surface area contributed by atoms with Gasteiger partial charge in [-0.3, -0.25) is 4.79 Å². The van der Waals surface area contributed by atoms with E-state index in [4.69, 9.17) is 9.47 Å². The number of nitrogens with zero attached hydrogens (tertiary/aromatic N) is 2. The van der Waals surface area contributed by atoms with Gasteiger partial charge in [-0.1, -0.05) is 32.6 Å². The van der Waals surface area contributed by atoms with Gasteiger partial charge in [0.2, 0.25) is 15.9 Å². The first kappa shape index (κ1) is 27.1. The largest absolute Gasteiger partial charge is 0.487 e. The molecule has 0 aromatic heterocycles. The fraction of sp³-hybridized carbons (Fsp3) is 0.625. The van der Waals surface area contributed by atoms with E-state index in [1.165, 1.54) is 22.4 Å². The normalized spacial score (nSPS) is 21.1. The molecule has 184 valence electrons. The summed E-state index contributed by atoms with van der Waals surface area (Å²) in [6, 6.07) is 4.21. The molecular formula is C24H36N2O6S. The minimum absolute atomic E-state index is 0.0278. The third-order valence-corrected chi connectivity index (χ3v) is 7.58. The zero-order valence-corrected chi connectivity index (χ0v) is 21.2. The number of aliphatic hydroxyl groups excluding tert-OH is 1. The lowest BCUT2D eigenvalue weighted by Crippen LogP contribution is -2.50. The molecule has 1 N–H and O–H groups in total. The summed E-state index contributed by atoms with van der Waals surface area (Å²) in [5, 5.41) is 9.72. The van der Waals surface area contributed by atoms with Gasteiger partial charge < -0.3 is 19.5 Å². The van der Waals surface area contributed by atoms with Gasteiger partial charge in [0.15, 0.2) is 0 Å². The topological polar surface area (TPSA) is 96.4 Å². The zero-order valence-electron chi connectivity index (χ0n) is 20.4. The highest BCUT2D eigenvalue weighted by atomic mass is 32.2. The second-order valence-electron chi connectivity index (χ2n) is 9.01. The Balaban J connectivity index is 2.52. The van der Waals surface area contributed by atoms with Crippen LogP contribution in [0.5, 0.6) is 5.75 Å². The van der Waals surface area contributed by atoms with Crippen molar-refractivity contribution < 1.29 is 27.8 Å². The summed E-state index contributed by atoms with van der Waals surface area (Å²) in [6.07, 6.45) is 0.252. The maximum absolute atomic E-state index is 13.5. The Bertz CT molecular complexity index is 982. The van der Waals surface area contributed by atoms with Crippen molar-refractivity contribution >= 4 is 15.9 Å². The fourth-order valence-corrected chi connectivity index (χ4v) is 5.31. The number of hydrogen-bond acceptors (Lipinski definition) is 6. The smallest absolute Gasteiger partial charge is 0.248 e. The molecule has 2 rings (SSSR count). The Labute approximate surface area is 197 Å². The van der Waals surface area contributed by atoms with Crippen LogP contribution in [-0.4, -0.2) is 81.2 Å². The number of likely N-dealkylation sites (N-methyl/N-ethyl adjacent to an activating group) is 1. The van der Waals surface area contributed by atoms with Crippen molar-refractivity contribution in [1.29, 1.82) is 0 Å². The van der Waals surface area contributed by atoms with Gasteiger partial charge in [-0.2, -0.15) is 4.31 Å². The SMILES string of the molecule is COCC(=O)N(C)C[C@H]1Oc2cc(C#CCC(C)C)ccc2S(=O)(=O)N([C@@H](C)CO)C[C@H]1C. The number of benzene rings is 1. The van der Waals surface area contributed by atoms with Crippen molar-refractivity contribution in [3.63, 3.8) is 0 Å². The third kappa shape index (κ3) is 6.93. The van der Waals surface area contributed by atoms with Crippen LogP contribution in [0.3, 0.4) is 0 Å². The number of amides is 1. The third-order valence-electron chi connectivity index (χ3n) is 5.56. The number of fused-ring (bicyclic) bond motifs is 1. The molecule has 0 saturated heterocycles. The highest BCUT2D eigenvalue weighted by Gasteiger charge is 2.38. The van der Waals surface area contributed by atoms with Crippen molar-refractivity contribution in [3.8, 4) is 17.6 Å². The molecule has 1 aliphatic heterocycles. The Morgan fingerprint density at radius 1 is 1.36 bits per heavy atom. The molecule has 0 fully saturated rings. The number of ether oxygens (including phenoxy) is 2. The van der Waals surface area contributed by atoms with E-state index in [1.54, 1.807) is 26.1 Å². The number of hydrogen-bond donors (Lipinski definition) is 1. The summed E-state index contributed by atoms with van der Waals surface area (Å²) in [5.74, 6) is 6.36. The van der Waals surface area contributed by atoms with Gasteiger partial charge >= 0.3 is 0 Å². The van der Waals surface area contributed by atoms with Crippen LogP contribution in [0.4, 0.5) is 0 Å². The Morgan fingerprint density at radius 3 is 2.67 bits per heavy atom. The molecule has 3 atom stereocenters. The highest BCUT2D eigenvalue weighted by molar-refractivity contribution is 7.89. The maximum Gasteiger partial charge on any atom is 0.248 e. The first-order valence-corrected chi connectivity index (χ1v) is 12.6. The van der Waals surface area contributed by atoms with Crippen LogP contribution in [0.2, 0.25) is 0 Å². The summed E-state index contributed by atoms with van der Waals surface area (Å²) < 4.78 is 39.5. The molecule has 33 heavy (non-hydrogen) atoms. The predicted octanol–water partition coefficient (Wildman–Crippen LogP) is 1.96. The average molecular weight is 481 g/mol. The van der Waals surface area contributed by atoms with Crippen molar-refractivity contribution in [3.05, 3.63) is 23.8 Å². The molecule has 1 aliphatic rings. The number of carbonyl (C=O) groups excluding carboxylic acids is 1. The second kappa shape index (κ2) is 11.8. The van der Waals surface area contributed by atoms with Crippen LogP contribution in [0.25, 0.3) is 0 Å². The van der Waals surface area contributed by atoms with E-state index in [2.05, 4.69) is 25.7 Å². The van der Waals surface area contributed by atoms with E-state index in [9.17, 15) is 18.3 Å². The summed E-state index contributed by atoms with van der Waals surface area (Å²) in [7, 11) is -0.796. The first-order chi connectivity index (χ1) is 15.5. The molecule has 1 aromatic carbocycles. The standard InChI is InChI=1S/C24H36N2O6S/c1-17(2)8-7-9-20-10-11-23-21(12-20)32-22(14-25(5)24(28)16-31-6)18(3)13-26(19(4)15-27)33(23,29)30/h10-12,17-19,22,27H,8,13-16H2,1-6H3/t18-,19+,22-/m1/s1. The van der Waals surface area contributed by atoms with E-state index in [-0.39, 0.29) is 48.8 Å². The van der Waals surface area contributed by atoms with Crippen molar-refractivity contribution in [2.24, 2.45) is 11.8 Å². The molecule has 9 heteroatoms. The molecule has 0 saturated carbocycles. The maximum atomic E-state index is 13.5. The van der Waals surface area contributed by atoms with Gasteiger partial charge in [0, 0.05) is 44.6 Å². The monoisotopic (exact) mass is 480 g/mol. The van der Waals surface area contributed by atoms with Crippen LogP contribution >= 0.6 is 0 Å². The van der Waals surface area contributed by atoms with Crippen LogP contribution in [0, 0.1) is 23.7 Å². The first-order valence-electron chi connectivity index (χ1n) is 11.2. The number of rotatable bonds is 7. The predicted molar refractivity (Wildman–Crippen MR) is 126 cm³/mol. The molecule has 0 bridgehead atoms. The zero-order chi connectivity index (χ0) is 24.8. The Kier molecular flexibility index (Phi) is 9.73. The number of aliphatic hydroxyl groups is 1. The molecule has 0 unspecified atom stereocenters. The van der Waals surface area contributed by atoms with Gasteiger partial charge in [0.25, 0.3) is 0 Å². The molecule has 8 nitrogen and oxygen atoms in total. The average Bonchev–Trinajstić information content (AvgIpc) is 2.75. The Morgan fingerprint density at radius 2 is 2.06 bits per heavy atom. The van der Waals surface area contributed by atoms with Crippen molar-refractivity contribution in [1.82, 2.24) is 9.21 Å². The molecular weight excluding hydrogens is 444 g/mol. The molecule has 0 radical (unpaired) electrons. The van der Waals surface area contributed by atoms with Crippen LogP contribution in [0.15, 0.2) is 23.1 Å². The number of carbonyl (C=O) groups is 1. The van der Waals surface area contributed by atoms with Gasteiger partial charge in [-0.05, 0) is 31.0 Å². The summed E-state index contributed by atoms with van der Waals surface area (Å²) in [4.78, 5) is 13.8. The number of sulfonamides is 1. The Hall–Kier alpha value is -2.12. The molecule has 1 heterocycles. The quantitative estimate of drug-likeness (QED) is 0.600. The molecule has 1 aromatic rings. The van der Waals surface area contributed by atoms with E-state index in [0.29, 0.717) is 11.5 Å². The molecule has 0 spiro atoms. The van der Waals surface area contributed by atoms with Gasteiger partial charge in [0.1, 0.15) is 23.4 Å². The van der Waals surface area contributed by atoms with Gasteiger partial charge in [-0.15, -0.1) is 0 Å². The van der Waals surface area contributed by atoms with Crippen LogP contribution < -0.4 is 4.74 Å². The summed E-state index contributed by atoms with van der Waals surface area (Å²) in [5.41, 5.74) is 0.655. The molecule has 1 amide bonds. The fourth-order valence-electron chi connectivity index (χ4n) is 3.48. The lowest BCUT2D eigenvalue weighted by Gasteiger charge is -2.37. The van der Waals surface area contributed by atoms with E-state index < -0.39 is 22.2 Å². The summed E-state index contributed by atoms with van der Waals surface area (Å²) in [6.45, 7) is 7.75. The minimum atomic E-state index is -3.91. The number of methoxy groups -OCH3 is 1. The van der Waals surface area contributed by atoms with Gasteiger partial charge in [0.05, 0.1) is 13.2 Å². The lowest BCUT2D eigenvalue weighted by atomic mass is 10.0. The second-order valence-corrected chi connectivity index (χ2v) is 10.9. The van der Waals surface area contributed by atoms with Crippen LogP contribution in [-0.2, 0) is 19.6 Å². The van der Waals surface area contributed by atoms with Gasteiger partial charge in [-0.25, -0.2) is 8.42 Å². The summed E-state index contributed by atoms with van der Waals surface area (Å²) >= 11 is 0. The lowest BCUT2D eigenvalue weighted by molar-refractivity contribution is -0.135. The highest BCUT2D eigenvalue weighted by Crippen LogP contribution is 2.34. The van der Waals surface area contributed by atoms with Crippen molar-refractivity contribution in [2.75, 3.05) is 40.5 Å². The van der Waals surface area contributed by atoms with E-state index >= 15 is 0 Å². The van der Waals surface area contributed by atoms with E-state index in [1.807, 2.05) is 6.92 Å². The molecule has 0 aliphatic carbocycles. The van der Waals surface area contributed by atoms with Crippen LogP contribution in [0.1, 0.15) is 39.7 Å². The minimum Gasteiger partial charge on any atom is -0.487 e.